The van der Waals surface area contributed by atoms with E-state index >= 15 is 0 Å². The minimum absolute atomic E-state index is 0.114. The molecule has 0 fully saturated rings. The number of hydrogen-bond donors (Lipinski definition) is 2. The monoisotopic (exact) mass is 434 g/mol. The van der Waals surface area contributed by atoms with Crippen LogP contribution in [0.4, 0.5) is 0 Å². The molecule has 0 heterocycles. The van der Waals surface area contributed by atoms with Gasteiger partial charge in [0, 0.05) is 12.1 Å². The van der Waals surface area contributed by atoms with Crippen molar-refractivity contribution in [2.75, 3.05) is 26.8 Å². The number of hydrogen-bond acceptors (Lipinski definition) is 5. The number of benzene rings is 2. The van der Waals surface area contributed by atoms with Crippen LogP contribution in [0.5, 0.6) is 11.5 Å². The Labute approximate surface area is 178 Å². The van der Waals surface area contributed by atoms with E-state index in [1.165, 1.54) is 13.1 Å². The van der Waals surface area contributed by atoms with Crippen LogP contribution in [0.25, 0.3) is 0 Å². The van der Waals surface area contributed by atoms with E-state index in [4.69, 9.17) is 9.47 Å². The van der Waals surface area contributed by atoms with Crippen molar-refractivity contribution < 1.29 is 22.7 Å². The number of amides is 1. The molecule has 0 saturated heterocycles. The van der Waals surface area contributed by atoms with Gasteiger partial charge in [0.1, 0.15) is 0 Å². The molecule has 2 rings (SSSR count). The Morgan fingerprint density at radius 2 is 1.67 bits per heavy atom. The van der Waals surface area contributed by atoms with Gasteiger partial charge in [-0.25, -0.2) is 13.1 Å². The molecule has 2 N–H and O–H groups in total. The first kappa shape index (κ1) is 23.7. The van der Waals surface area contributed by atoms with Gasteiger partial charge in [-0.2, -0.15) is 0 Å². The summed E-state index contributed by atoms with van der Waals surface area (Å²) < 4.78 is 38.0. The van der Waals surface area contributed by atoms with E-state index in [1.807, 2.05) is 32.0 Å². The number of carbonyl (C=O) groups is 1. The van der Waals surface area contributed by atoms with Crippen LogP contribution < -0.4 is 19.5 Å². The highest BCUT2D eigenvalue weighted by molar-refractivity contribution is 7.89. The van der Waals surface area contributed by atoms with Crippen LogP contribution in [0, 0.1) is 13.8 Å². The third kappa shape index (κ3) is 5.73. The summed E-state index contributed by atoms with van der Waals surface area (Å²) in [6.45, 7) is 8.83. The number of sulfonamides is 1. The van der Waals surface area contributed by atoms with E-state index in [0.29, 0.717) is 48.8 Å². The first-order valence-electron chi connectivity index (χ1n) is 9.95. The van der Waals surface area contributed by atoms with Gasteiger partial charge in [0.05, 0.1) is 18.1 Å². The Kier molecular flexibility index (Phi) is 8.25. The second-order valence-corrected chi connectivity index (χ2v) is 8.63. The van der Waals surface area contributed by atoms with Crippen molar-refractivity contribution in [1.82, 2.24) is 10.0 Å². The zero-order valence-corrected chi connectivity index (χ0v) is 19.0. The van der Waals surface area contributed by atoms with Crippen molar-refractivity contribution in [3.05, 3.63) is 52.6 Å². The van der Waals surface area contributed by atoms with Crippen molar-refractivity contribution in [1.29, 1.82) is 0 Å². The van der Waals surface area contributed by atoms with Gasteiger partial charge >= 0.3 is 0 Å². The maximum atomic E-state index is 12.6. The predicted molar refractivity (Wildman–Crippen MR) is 117 cm³/mol. The molecule has 2 aromatic rings. The molecule has 0 bridgehead atoms. The summed E-state index contributed by atoms with van der Waals surface area (Å²) in [5.41, 5.74) is 2.68. The lowest BCUT2D eigenvalue weighted by Gasteiger charge is -2.14. The molecule has 164 valence electrons. The van der Waals surface area contributed by atoms with Gasteiger partial charge in [0.15, 0.2) is 11.5 Å². The second kappa shape index (κ2) is 10.4. The summed E-state index contributed by atoms with van der Waals surface area (Å²) in [6, 6.07) is 8.82. The van der Waals surface area contributed by atoms with E-state index in [1.54, 1.807) is 19.9 Å². The molecule has 7 nitrogen and oxygen atoms in total. The van der Waals surface area contributed by atoms with Crippen LogP contribution in [-0.2, 0) is 16.4 Å². The van der Waals surface area contributed by atoms with Gasteiger partial charge in [-0.05, 0) is 82.1 Å². The highest BCUT2D eigenvalue weighted by atomic mass is 32.2. The molecule has 0 aromatic heterocycles. The van der Waals surface area contributed by atoms with E-state index in [9.17, 15) is 13.2 Å². The molecule has 0 aliphatic heterocycles. The second-order valence-electron chi connectivity index (χ2n) is 6.78. The lowest BCUT2D eigenvalue weighted by Crippen LogP contribution is -2.27. The van der Waals surface area contributed by atoms with Gasteiger partial charge in [0.2, 0.25) is 10.0 Å². The smallest absolute Gasteiger partial charge is 0.251 e. The van der Waals surface area contributed by atoms with Gasteiger partial charge in [-0.3, -0.25) is 4.79 Å². The zero-order valence-electron chi connectivity index (χ0n) is 18.2. The van der Waals surface area contributed by atoms with Crippen LogP contribution in [0.1, 0.15) is 40.9 Å². The SMILES string of the molecule is CCOc1ccc(CCNC(=O)c2cc(C)c(C)c(S(=O)(=O)NC)c2)cc1OCC. The quantitative estimate of drug-likeness (QED) is 0.600. The van der Waals surface area contributed by atoms with E-state index in [2.05, 4.69) is 10.0 Å². The van der Waals surface area contributed by atoms with Crippen molar-refractivity contribution in [3.8, 4) is 11.5 Å². The van der Waals surface area contributed by atoms with Crippen molar-refractivity contribution >= 4 is 15.9 Å². The summed E-state index contributed by atoms with van der Waals surface area (Å²) in [5.74, 6) is 1.06. The normalized spacial score (nSPS) is 11.2. The molecule has 0 unspecified atom stereocenters. The van der Waals surface area contributed by atoms with Crippen LogP contribution in [0.3, 0.4) is 0 Å². The zero-order chi connectivity index (χ0) is 22.3. The van der Waals surface area contributed by atoms with Crippen molar-refractivity contribution in [2.45, 2.75) is 39.0 Å². The van der Waals surface area contributed by atoms with Gasteiger partial charge in [-0.15, -0.1) is 0 Å². The minimum atomic E-state index is -3.65. The molecule has 0 aliphatic rings. The fraction of sp³-hybridized carbons (Fsp3) is 0.409. The number of rotatable bonds is 10. The third-order valence-electron chi connectivity index (χ3n) is 4.75. The third-order valence-corrected chi connectivity index (χ3v) is 6.29. The average Bonchev–Trinajstić information content (AvgIpc) is 2.71. The Bertz CT molecular complexity index is 1000. The molecule has 0 spiro atoms. The molecule has 1 amide bonds. The van der Waals surface area contributed by atoms with Gasteiger partial charge in [0.25, 0.3) is 5.91 Å². The van der Waals surface area contributed by atoms with Crippen molar-refractivity contribution in [3.63, 3.8) is 0 Å². The molecule has 0 saturated carbocycles. The first-order valence-corrected chi connectivity index (χ1v) is 11.4. The molecular weight excluding hydrogens is 404 g/mol. The first-order chi connectivity index (χ1) is 14.2. The maximum Gasteiger partial charge on any atom is 0.251 e. The Morgan fingerprint density at radius 1 is 1.00 bits per heavy atom. The molecule has 0 aliphatic carbocycles. The van der Waals surface area contributed by atoms with E-state index < -0.39 is 10.0 Å². The van der Waals surface area contributed by atoms with Gasteiger partial charge in [-0.1, -0.05) is 6.07 Å². The number of ether oxygens (including phenoxy) is 2. The highest BCUT2D eigenvalue weighted by Gasteiger charge is 2.19. The fourth-order valence-corrected chi connectivity index (χ4v) is 4.09. The molecule has 8 heteroatoms. The molecule has 30 heavy (non-hydrogen) atoms. The summed E-state index contributed by atoms with van der Waals surface area (Å²) in [5, 5.41) is 2.86. The van der Waals surface area contributed by atoms with Crippen LogP contribution in [0.2, 0.25) is 0 Å². The predicted octanol–water partition coefficient (Wildman–Crippen LogP) is 2.98. The molecular formula is C22H30N2O5S. The highest BCUT2D eigenvalue weighted by Crippen LogP contribution is 2.28. The summed E-state index contributed by atoms with van der Waals surface area (Å²) in [4.78, 5) is 12.7. The van der Waals surface area contributed by atoms with Crippen LogP contribution >= 0.6 is 0 Å². The van der Waals surface area contributed by atoms with Crippen molar-refractivity contribution in [2.24, 2.45) is 0 Å². The van der Waals surface area contributed by atoms with Crippen LogP contribution in [-0.4, -0.2) is 41.1 Å². The minimum Gasteiger partial charge on any atom is -0.490 e. The molecule has 2 aromatic carbocycles. The molecule has 0 atom stereocenters. The summed E-state index contributed by atoms with van der Waals surface area (Å²) in [7, 11) is -2.29. The fourth-order valence-electron chi connectivity index (χ4n) is 3.02. The standard InChI is InChI=1S/C22H30N2O5S/c1-6-28-19-9-8-17(13-20(19)29-7-2)10-11-24-22(25)18-12-15(3)16(4)21(14-18)30(26,27)23-5/h8-9,12-14,23H,6-7,10-11H2,1-5H3,(H,24,25). The largest absolute Gasteiger partial charge is 0.490 e. The van der Waals surface area contributed by atoms with E-state index in [-0.39, 0.29) is 10.8 Å². The average molecular weight is 435 g/mol. The maximum absolute atomic E-state index is 12.6. The Hall–Kier alpha value is -2.58. The number of aryl methyl sites for hydroxylation is 1. The molecule has 0 radical (unpaired) electrons. The summed E-state index contributed by atoms with van der Waals surface area (Å²) in [6.07, 6.45) is 0.602. The van der Waals surface area contributed by atoms with Gasteiger partial charge < -0.3 is 14.8 Å². The Balaban J connectivity index is 2.11. The lowest BCUT2D eigenvalue weighted by molar-refractivity contribution is 0.0954. The van der Waals surface area contributed by atoms with Crippen LogP contribution in [0.15, 0.2) is 35.2 Å². The lowest BCUT2D eigenvalue weighted by atomic mass is 10.1. The Morgan fingerprint density at radius 3 is 2.30 bits per heavy atom. The van der Waals surface area contributed by atoms with E-state index in [0.717, 1.165) is 11.1 Å². The number of carbonyl (C=O) groups excluding carboxylic acids is 1. The topological polar surface area (TPSA) is 93.7 Å². The summed E-state index contributed by atoms with van der Waals surface area (Å²) >= 11 is 0. The number of nitrogens with one attached hydrogen (secondary N) is 2.